The van der Waals surface area contributed by atoms with Gasteiger partial charge in [-0.05, 0) is 24.3 Å². The normalized spacial score (nSPS) is 10.8. The lowest BCUT2D eigenvalue weighted by molar-refractivity contribution is -0.113. The SMILES string of the molecule is Cn1c(COc2ccccc2)nnc1SCC(=O)Nc1nc(-c2ccc(Br)cc2)cs1. The predicted octanol–water partition coefficient (Wildman–Crippen LogP) is 5.01. The van der Waals surface area contributed by atoms with Crippen LogP contribution in [0.4, 0.5) is 5.13 Å². The third-order valence-electron chi connectivity index (χ3n) is 4.26. The van der Waals surface area contributed by atoms with Gasteiger partial charge in [0.15, 0.2) is 16.1 Å². The van der Waals surface area contributed by atoms with Crippen molar-refractivity contribution < 1.29 is 9.53 Å². The Balaban J connectivity index is 1.29. The molecule has 7 nitrogen and oxygen atoms in total. The smallest absolute Gasteiger partial charge is 0.236 e. The summed E-state index contributed by atoms with van der Waals surface area (Å²) in [5.41, 5.74) is 1.83. The highest BCUT2D eigenvalue weighted by Gasteiger charge is 2.13. The van der Waals surface area contributed by atoms with Crippen LogP contribution < -0.4 is 10.1 Å². The molecule has 0 unspecified atom stereocenters. The summed E-state index contributed by atoms with van der Waals surface area (Å²) in [7, 11) is 1.86. The average Bonchev–Trinajstić information content (AvgIpc) is 3.38. The summed E-state index contributed by atoms with van der Waals surface area (Å²) in [6.45, 7) is 0.304. The fourth-order valence-electron chi connectivity index (χ4n) is 2.63. The first-order valence-electron chi connectivity index (χ1n) is 9.29. The fourth-order valence-corrected chi connectivity index (χ4v) is 4.36. The second kappa shape index (κ2) is 10.1. The van der Waals surface area contributed by atoms with Gasteiger partial charge in [0.25, 0.3) is 0 Å². The average molecular weight is 516 g/mol. The van der Waals surface area contributed by atoms with Crippen molar-refractivity contribution in [3.05, 3.63) is 70.3 Å². The van der Waals surface area contributed by atoms with E-state index < -0.39 is 0 Å². The molecule has 0 radical (unpaired) electrons. The molecule has 2 heterocycles. The van der Waals surface area contributed by atoms with E-state index >= 15 is 0 Å². The van der Waals surface area contributed by atoms with E-state index in [1.165, 1.54) is 23.1 Å². The molecule has 4 aromatic rings. The Hall–Kier alpha value is -2.69. The highest BCUT2D eigenvalue weighted by Crippen LogP contribution is 2.26. The van der Waals surface area contributed by atoms with Crippen LogP contribution in [0.5, 0.6) is 5.75 Å². The number of thiazole rings is 1. The Kier molecular flexibility index (Phi) is 7.00. The first-order chi connectivity index (χ1) is 15.1. The molecule has 2 aromatic carbocycles. The lowest BCUT2D eigenvalue weighted by Gasteiger charge is -2.06. The zero-order valence-electron chi connectivity index (χ0n) is 16.5. The Morgan fingerprint density at radius 1 is 1.16 bits per heavy atom. The van der Waals surface area contributed by atoms with Gasteiger partial charge in [0.05, 0.1) is 11.4 Å². The van der Waals surface area contributed by atoms with E-state index in [0.717, 1.165) is 21.5 Å². The van der Waals surface area contributed by atoms with Crippen molar-refractivity contribution in [2.75, 3.05) is 11.1 Å². The second-order valence-corrected chi connectivity index (χ2v) is 9.16. The van der Waals surface area contributed by atoms with Gasteiger partial charge in [-0.25, -0.2) is 4.98 Å². The zero-order chi connectivity index (χ0) is 21.6. The maximum absolute atomic E-state index is 12.4. The molecular weight excluding hydrogens is 498 g/mol. The van der Waals surface area contributed by atoms with E-state index in [-0.39, 0.29) is 11.7 Å². The minimum absolute atomic E-state index is 0.146. The summed E-state index contributed by atoms with van der Waals surface area (Å²) in [6.07, 6.45) is 0. The molecule has 0 atom stereocenters. The fraction of sp³-hybridized carbons (Fsp3) is 0.143. The monoisotopic (exact) mass is 515 g/mol. The van der Waals surface area contributed by atoms with Crippen LogP contribution in [0.25, 0.3) is 11.3 Å². The largest absolute Gasteiger partial charge is 0.486 e. The van der Waals surface area contributed by atoms with Crippen molar-refractivity contribution in [2.45, 2.75) is 11.8 Å². The summed E-state index contributed by atoms with van der Waals surface area (Å²) in [5, 5.41) is 14.3. The summed E-state index contributed by atoms with van der Waals surface area (Å²) in [5.74, 6) is 1.52. The second-order valence-electron chi connectivity index (χ2n) is 6.44. The van der Waals surface area contributed by atoms with Gasteiger partial charge in [-0.15, -0.1) is 21.5 Å². The summed E-state index contributed by atoms with van der Waals surface area (Å²) >= 11 is 6.13. The van der Waals surface area contributed by atoms with Crippen LogP contribution in [0.1, 0.15) is 5.82 Å². The quantitative estimate of drug-likeness (QED) is 0.332. The molecule has 0 aliphatic carbocycles. The van der Waals surface area contributed by atoms with E-state index in [9.17, 15) is 4.79 Å². The van der Waals surface area contributed by atoms with Crippen LogP contribution in [-0.4, -0.2) is 31.4 Å². The van der Waals surface area contributed by atoms with Crippen molar-refractivity contribution in [3.8, 4) is 17.0 Å². The number of ether oxygens (including phenoxy) is 1. The summed E-state index contributed by atoms with van der Waals surface area (Å²) < 4.78 is 8.55. The molecule has 0 fully saturated rings. The molecule has 0 aliphatic rings. The highest BCUT2D eigenvalue weighted by atomic mass is 79.9. The maximum Gasteiger partial charge on any atom is 0.236 e. The maximum atomic E-state index is 12.4. The molecule has 0 aliphatic heterocycles. The zero-order valence-corrected chi connectivity index (χ0v) is 19.7. The van der Waals surface area contributed by atoms with Crippen LogP contribution in [-0.2, 0) is 18.4 Å². The van der Waals surface area contributed by atoms with E-state index in [4.69, 9.17) is 4.74 Å². The van der Waals surface area contributed by atoms with Crippen molar-refractivity contribution >= 4 is 50.1 Å². The number of thioether (sulfide) groups is 1. The van der Waals surface area contributed by atoms with Crippen LogP contribution in [0.2, 0.25) is 0 Å². The number of aromatic nitrogens is 4. The van der Waals surface area contributed by atoms with Gasteiger partial charge in [-0.2, -0.15) is 0 Å². The molecule has 158 valence electrons. The minimum atomic E-state index is -0.146. The third kappa shape index (κ3) is 5.72. The number of halogens is 1. The highest BCUT2D eigenvalue weighted by molar-refractivity contribution is 9.10. The first kappa shape index (κ1) is 21.5. The molecule has 0 bridgehead atoms. The number of amides is 1. The Morgan fingerprint density at radius 3 is 2.71 bits per heavy atom. The van der Waals surface area contributed by atoms with E-state index in [1.54, 1.807) is 0 Å². The van der Waals surface area contributed by atoms with E-state index in [2.05, 4.69) is 36.4 Å². The molecule has 4 rings (SSSR count). The van der Waals surface area contributed by atoms with Crippen molar-refractivity contribution in [3.63, 3.8) is 0 Å². The van der Waals surface area contributed by atoms with Gasteiger partial charge in [-0.3, -0.25) is 4.79 Å². The van der Waals surface area contributed by atoms with Gasteiger partial charge in [0.2, 0.25) is 5.91 Å². The van der Waals surface area contributed by atoms with Gasteiger partial charge in [0, 0.05) is 22.5 Å². The molecule has 0 spiro atoms. The Bertz CT molecular complexity index is 1160. The molecule has 2 aromatic heterocycles. The minimum Gasteiger partial charge on any atom is -0.486 e. The Labute approximate surface area is 196 Å². The molecule has 1 amide bonds. The number of anilines is 1. The van der Waals surface area contributed by atoms with Crippen LogP contribution in [0, 0.1) is 0 Å². The standard InChI is InChI=1S/C21H18BrN5O2S2/c1-27-18(11-29-16-5-3-2-4-6-16)25-26-21(27)31-13-19(28)24-20-23-17(12-30-20)14-7-9-15(22)10-8-14/h2-10,12H,11,13H2,1H3,(H,23,24,28). The number of rotatable bonds is 8. The van der Waals surface area contributed by atoms with Gasteiger partial charge in [0.1, 0.15) is 12.4 Å². The lowest BCUT2D eigenvalue weighted by atomic mass is 10.2. The molecular formula is C21H18BrN5O2S2. The number of para-hydroxylation sites is 1. The summed E-state index contributed by atoms with van der Waals surface area (Å²) in [6, 6.07) is 17.4. The van der Waals surface area contributed by atoms with E-state index in [1.807, 2.05) is 71.6 Å². The topological polar surface area (TPSA) is 81.9 Å². The molecule has 0 saturated carbocycles. The number of hydrogen-bond acceptors (Lipinski definition) is 7. The number of nitrogens with one attached hydrogen (secondary N) is 1. The summed E-state index contributed by atoms with van der Waals surface area (Å²) in [4.78, 5) is 16.8. The predicted molar refractivity (Wildman–Crippen MR) is 126 cm³/mol. The third-order valence-corrected chi connectivity index (χ3v) is 6.57. The molecule has 1 N–H and O–H groups in total. The van der Waals surface area contributed by atoms with Crippen molar-refractivity contribution in [1.29, 1.82) is 0 Å². The molecule has 10 heteroatoms. The van der Waals surface area contributed by atoms with Crippen LogP contribution in [0.15, 0.2) is 69.6 Å². The van der Waals surface area contributed by atoms with Gasteiger partial charge >= 0.3 is 0 Å². The molecule has 0 saturated heterocycles. The lowest BCUT2D eigenvalue weighted by Crippen LogP contribution is -2.14. The van der Waals surface area contributed by atoms with Crippen LogP contribution >= 0.6 is 39.0 Å². The molecule has 31 heavy (non-hydrogen) atoms. The van der Waals surface area contributed by atoms with Gasteiger partial charge < -0.3 is 14.6 Å². The number of hydrogen-bond donors (Lipinski definition) is 1. The van der Waals surface area contributed by atoms with Crippen LogP contribution in [0.3, 0.4) is 0 Å². The van der Waals surface area contributed by atoms with Crippen molar-refractivity contribution in [2.24, 2.45) is 7.05 Å². The first-order valence-corrected chi connectivity index (χ1v) is 11.9. The Morgan fingerprint density at radius 2 is 1.94 bits per heavy atom. The number of nitrogens with zero attached hydrogens (tertiary/aromatic N) is 4. The van der Waals surface area contributed by atoms with Gasteiger partial charge in [-0.1, -0.05) is 58.0 Å². The number of carbonyl (C=O) groups is 1. The van der Waals surface area contributed by atoms with Crippen molar-refractivity contribution in [1.82, 2.24) is 19.7 Å². The number of carbonyl (C=O) groups excluding carboxylic acids is 1. The number of benzene rings is 2. The van der Waals surface area contributed by atoms with E-state index in [0.29, 0.717) is 22.7 Å².